The number of aliphatic hydroxyl groups excluding tert-OH is 1. The smallest absolute Gasteiger partial charge is 0.360 e. The number of nitrogen functional groups attached to an aromatic ring is 1. The second kappa shape index (κ2) is 8.22. The third-order valence-electron chi connectivity index (χ3n) is 5.60. The van der Waals surface area contributed by atoms with Gasteiger partial charge in [-0.05, 0) is 30.9 Å². The van der Waals surface area contributed by atoms with E-state index in [0.29, 0.717) is 40.3 Å². The number of nitrogens with one attached hydrogen (secondary N) is 1. The van der Waals surface area contributed by atoms with Crippen molar-refractivity contribution in [1.29, 1.82) is 0 Å². The molecule has 0 bridgehead atoms. The Hall–Kier alpha value is -3.49. The Balaban J connectivity index is 1.58. The van der Waals surface area contributed by atoms with Gasteiger partial charge >= 0.3 is 5.97 Å². The Morgan fingerprint density at radius 1 is 1.16 bits per heavy atom. The van der Waals surface area contributed by atoms with Crippen LogP contribution in [0.25, 0.3) is 33.4 Å². The number of fused-ring (bicyclic) bond motifs is 1. The summed E-state index contributed by atoms with van der Waals surface area (Å²) in [5, 5.41) is 17.6. The predicted molar refractivity (Wildman–Crippen MR) is 121 cm³/mol. The molecule has 9 heteroatoms. The van der Waals surface area contributed by atoms with Gasteiger partial charge in [-0.25, -0.2) is 14.8 Å². The Bertz CT molecular complexity index is 1300. The summed E-state index contributed by atoms with van der Waals surface area (Å²) in [6, 6.07) is 13.1. The van der Waals surface area contributed by atoms with Gasteiger partial charge in [0.15, 0.2) is 11.5 Å². The number of aromatic nitrogens is 4. The van der Waals surface area contributed by atoms with Crippen molar-refractivity contribution in [2.75, 3.05) is 12.3 Å². The SMILES string of the molecule is Nc1nc(-c2ccccc2)c(-c2cc(Cl)c3[nH]ncc3c2)nc1C(=O)OCC1CC(O)C1. The van der Waals surface area contributed by atoms with Crippen molar-refractivity contribution in [1.82, 2.24) is 20.2 Å². The molecular weight excluding hydrogens is 430 g/mol. The number of rotatable bonds is 5. The zero-order chi connectivity index (χ0) is 22.2. The molecule has 1 aliphatic carbocycles. The normalized spacial score (nSPS) is 17.8. The molecule has 1 aliphatic rings. The van der Waals surface area contributed by atoms with Gasteiger partial charge in [-0.15, -0.1) is 0 Å². The number of aromatic amines is 1. The molecule has 2 aromatic carbocycles. The molecule has 0 atom stereocenters. The molecule has 2 aromatic heterocycles. The van der Waals surface area contributed by atoms with Crippen molar-refractivity contribution in [3.05, 3.63) is 59.4 Å². The molecule has 0 amide bonds. The quantitative estimate of drug-likeness (QED) is 0.395. The molecule has 0 aliphatic heterocycles. The highest BCUT2D eigenvalue weighted by Crippen LogP contribution is 2.35. The first-order valence-electron chi connectivity index (χ1n) is 10.2. The molecule has 4 N–H and O–H groups in total. The van der Waals surface area contributed by atoms with E-state index >= 15 is 0 Å². The molecule has 1 saturated carbocycles. The summed E-state index contributed by atoms with van der Waals surface area (Å²) in [5.74, 6) is -0.511. The zero-order valence-corrected chi connectivity index (χ0v) is 17.7. The van der Waals surface area contributed by atoms with Crippen molar-refractivity contribution in [3.8, 4) is 22.5 Å². The second-order valence-electron chi connectivity index (χ2n) is 7.90. The van der Waals surface area contributed by atoms with Crippen molar-refractivity contribution in [2.45, 2.75) is 18.9 Å². The number of hydrogen-bond donors (Lipinski definition) is 3. The first kappa shape index (κ1) is 20.4. The fraction of sp³-hybridized carbons (Fsp3) is 0.217. The fourth-order valence-electron chi connectivity index (χ4n) is 3.85. The minimum absolute atomic E-state index is 0.0123. The van der Waals surface area contributed by atoms with E-state index in [2.05, 4.69) is 20.2 Å². The lowest BCUT2D eigenvalue weighted by Crippen LogP contribution is -2.32. The number of anilines is 1. The Kier molecular flexibility index (Phi) is 5.24. The van der Waals surface area contributed by atoms with Crippen LogP contribution in [0.15, 0.2) is 48.7 Å². The van der Waals surface area contributed by atoms with Crippen molar-refractivity contribution in [3.63, 3.8) is 0 Å². The van der Waals surface area contributed by atoms with Gasteiger partial charge in [0.2, 0.25) is 0 Å². The monoisotopic (exact) mass is 449 g/mol. The summed E-state index contributed by atoms with van der Waals surface area (Å²) in [6.07, 6.45) is 2.59. The molecule has 5 rings (SSSR count). The summed E-state index contributed by atoms with van der Waals surface area (Å²) in [7, 11) is 0. The maximum absolute atomic E-state index is 12.8. The number of hydrogen-bond acceptors (Lipinski definition) is 7. The van der Waals surface area contributed by atoms with Crippen LogP contribution in [-0.2, 0) is 4.74 Å². The first-order valence-corrected chi connectivity index (χ1v) is 10.6. The van der Waals surface area contributed by atoms with Crippen LogP contribution in [0.3, 0.4) is 0 Å². The number of nitrogens with zero attached hydrogens (tertiary/aromatic N) is 3. The third kappa shape index (κ3) is 3.79. The molecule has 0 radical (unpaired) electrons. The van der Waals surface area contributed by atoms with Gasteiger partial charge in [-0.2, -0.15) is 5.10 Å². The van der Waals surface area contributed by atoms with E-state index in [4.69, 9.17) is 22.1 Å². The van der Waals surface area contributed by atoms with E-state index in [1.807, 2.05) is 36.4 Å². The fourth-order valence-corrected chi connectivity index (χ4v) is 4.12. The van der Waals surface area contributed by atoms with Crippen molar-refractivity contribution < 1.29 is 14.6 Å². The average Bonchev–Trinajstić information content (AvgIpc) is 3.25. The zero-order valence-electron chi connectivity index (χ0n) is 17.0. The maximum atomic E-state index is 12.8. The number of H-pyrrole nitrogens is 1. The summed E-state index contributed by atoms with van der Waals surface area (Å²) >= 11 is 6.45. The number of nitrogens with two attached hydrogens (primary N) is 1. The average molecular weight is 450 g/mol. The molecule has 162 valence electrons. The Morgan fingerprint density at radius 2 is 1.91 bits per heavy atom. The first-order chi connectivity index (χ1) is 15.5. The number of aliphatic hydroxyl groups is 1. The predicted octanol–water partition coefficient (Wildman–Crippen LogP) is 3.85. The van der Waals surface area contributed by atoms with E-state index in [0.717, 1.165) is 10.9 Å². The number of carbonyl (C=O) groups excluding carboxylic acids is 1. The van der Waals surface area contributed by atoms with E-state index in [9.17, 15) is 9.90 Å². The lowest BCUT2D eigenvalue weighted by molar-refractivity contribution is -0.00416. The molecule has 0 saturated heterocycles. The van der Waals surface area contributed by atoms with Crippen LogP contribution >= 0.6 is 11.6 Å². The molecule has 0 spiro atoms. The summed E-state index contributed by atoms with van der Waals surface area (Å²) in [5.41, 5.74) is 9.25. The minimum atomic E-state index is -0.646. The summed E-state index contributed by atoms with van der Waals surface area (Å²) in [6.45, 7) is 0.208. The molecule has 8 nitrogen and oxygen atoms in total. The second-order valence-corrected chi connectivity index (χ2v) is 8.31. The number of benzene rings is 2. The lowest BCUT2D eigenvalue weighted by Gasteiger charge is -2.30. The summed E-state index contributed by atoms with van der Waals surface area (Å²) in [4.78, 5) is 21.9. The number of esters is 1. The largest absolute Gasteiger partial charge is 0.461 e. The van der Waals surface area contributed by atoms with E-state index < -0.39 is 5.97 Å². The molecule has 32 heavy (non-hydrogen) atoms. The van der Waals surface area contributed by atoms with Crippen molar-refractivity contribution in [2.24, 2.45) is 5.92 Å². The van der Waals surface area contributed by atoms with Gasteiger partial charge in [0, 0.05) is 16.5 Å². The molecular formula is C23H20ClN5O3. The standard InChI is InChI=1S/C23H20ClN5O3/c24-17-9-14(8-15-10-26-29-18(15)17)20-19(13-4-2-1-3-5-13)28-22(25)21(27-20)23(31)32-11-12-6-16(30)7-12/h1-5,8-10,12,16,30H,6-7,11H2,(H2,25,28)(H,26,29). The van der Waals surface area contributed by atoms with Crippen LogP contribution in [0.1, 0.15) is 23.3 Å². The van der Waals surface area contributed by atoms with Crippen LogP contribution in [-0.4, -0.2) is 44.0 Å². The van der Waals surface area contributed by atoms with Crippen LogP contribution < -0.4 is 5.73 Å². The van der Waals surface area contributed by atoms with Crippen molar-refractivity contribution >= 4 is 34.3 Å². The minimum Gasteiger partial charge on any atom is -0.461 e. The van der Waals surface area contributed by atoms with E-state index in [-0.39, 0.29) is 30.1 Å². The maximum Gasteiger partial charge on any atom is 0.360 e. The Labute approximate surface area is 188 Å². The highest BCUT2D eigenvalue weighted by Gasteiger charge is 2.29. The molecule has 1 fully saturated rings. The number of ether oxygens (including phenoxy) is 1. The molecule has 2 heterocycles. The third-order valence-corrected chi connectivity index (χ3v) is 5.90. The van der Waals surface area contributed by atoms with E-state index in [1.54, 1.807) is 12.3 Å². The van der Waals surface area contributed by atoms with Gasteiger partial charge in [0.25, 0.3) is 0 Å². The van der Waals surface area contributed by atoms with Gasteiger partial charge in [0.05, 0.1) is 40.8 Å². The van der Waals surface area contributed by atoms with Gasteiger partial charge < -0.3 is 15.6 Å². The highest BCUT2D eigenvalue weighted by atomic mass is 35.5. The molecule has 0 unspecified atom stereocenters. The van der Waals surface area contributed by atoms with Gasteiger partial charge in [-0.3, -0.25) is 5.10 Å². The number of carbonyl (C=O) groups is 1. The van der Waals surface area contributed by atoms with Crippen LogP contribution in [0, 0.1) is 5.92 Å². The summed E-state index contributed by atoms with van der Waals surface area (Å²) < 4.78 is 5.41. The van der Waals surface area contributed by atoms with Crippen LogP contribution in [0.4, 0.5) is 5.82 Å². The van der Waals surface area contributed by atoms with Crippen LogP contribution in [0.5, 0.6) is 0 Å². The van der Waals surface area contributed by atoms with E-state index in [1.165, 1.54) is 0 Å². The highest BCUT2D eigenvalue weighted by molar-refractivity contribution is 6.35. The topological polar surface area (TPSA) is 127 Å². The number of halogens is 1. The van der Waals surface area contributed by atoms with Crippen LogP contribution in [0.2, 0.25) is 5.02 Å². The van der Waals surface area contributed by atoms with Gasteiger partial charge in [0.1, 0.15) is 0 Å². The Morgan fingerprint density at radius 3 is 2.66 bits per heavy atom. The molecule has 4 aromatic rings. The van der Waals surface area contributed by atoms with Gasteiger partial charge in [-0.1, -0.05) is 41.9 Å². The lowest BCUT2D eigenvalue weighted by atomic mass is 9.83.